The van der Waals surface area contributed by atoms with E-state index < -0.39 is 0 Å². The van der Waals surface area contributed by atoms with Crippen LogP contribution in [-0.4, -0.2) is 17.6 Å². The Labute approximate surface area is 120 Å². The summed E-state index contributed by atoms with van der Waals surface area (Å²) in [5.74, 6) is -0.380. The van der Waals surface area contributed by atoms with Crippen molar-refractivity contribution in [2.75, 3.05) is 6.61 Å². The lowest BCUT2D eigenvalue weighted by molar-refractivity contribution is 0.0493. The fourth-order valence-corrected chi connectivity index (χ4v) is 2.03. The Morgan fingerprint density at radius 2 is 1.89 bits per heavy atom. The number of rotatable bonds is 5. The standard InChI is InChI=1S/C15H14BrNO2/c16-14-10-4-9-13(17-14)15(18)19-11-5-8-12-6-2-1-3-7-12/h1-4,6-7,9-10H,5,8,11H2. The molecule has 98 valence electrons. The van der Waals surface area contributed by atoms with E-state index in [1.807, 2.05) is 18.2 Å². The lowest BCUT2D eigenvalue weighted by Gasteiger charge is -2.04. The van der Waals surface area contributed by atoms with Crippen LogP contribution in [0.2, 0.25) is 0 Å². The largest absolute Gasteiger partial charge is 0.461 e. The van der Waals surface area contributed by atoms with Crippen LogP contribution in [0.3, 0.4) is 0 Å². The summed E-state index contributed by atoms with van der Waals surface area (Å²) in [4.78, 5) is 15.8. The van der Waals surface area contributed by atoms with Gasteiger partial charge in [0.1, 0.15) is 10.3 Å². The molecule has 1 aromatic carbocycles. The van der Waals surface area contributed by atoms with Gasteiger partial charge in [0.05, 0.1) is 6.61 Å². The number of aryl methyl sites for hydroxylation is 1. The van der Waals surface area contributed by atoms with E-state index in [4.69, 9.17) is 4.74 Å². The zero-order valence-electron chi connectivity index (χ0n) is 10.4. The second-order valence-corrected chi connectivity index (χ2v) is 4.88. The maximum atomic E-state index is 11.7. The van der Waals surface area contributed by atoms with Crippen LogP contribution in [0.4, 0.5) is 0 Å². The van der Waals surface area contributed by atoms with Crippen LogP contribution >= 0.6 is 15.9 Å². The molecule has 0 bridgehead atoms. The number of ether oxygens (including phenoxy) is 1. The summed E-state index contributed by atoms with van der Waals surface area (Å²) in [7, 11) is 0. The molecule has 19 heavy (non-hydrogen) atoms. The Balaban J connectivity index is 1.75. The fourth-order valence-electron chi connectivity index (χ4n) is 1.68. The average Bonchev–Trinajstić information content (AvgIpc) is 2.44. The maximum Gasteiger partial charge on any atom is 0.356 e. The summed E-state index contributed by atoms with van der Waals surface area (Å²) in [5, 5.41) is 0. The number of esters is 1. The van der Waals surface area contributed by atoms with Crippen LogP contribution in [0, 0.1) is 0 Å². The smallest absolute Gasteiger partial charge is 0.356 e. The van der Waals surface area contributed by atoms with Gasteiger partial charge in [-0.3, -0.25) is 0 Å². The number of pyridine rings is 1. The van der Waals surface area contributed by atoms with E-state index >= 15 is 0 Å². The number of carbonyl (C=O) groups is 1. The topological polar surface area (TPSA) is 39.2 Å². The van der Waals surface area contributed by atoms with E-state index in [1.165, 1.54) is 5.56 Å². The predicted octanol–water partition coefficient (Wildman–Crippen LogP) is 3.63. The predicted molar refractivity (Wildman–Crippen MR) is 77.0 cm³/mol. The number of carbonyl (C=O) groups excluding carboxylic acids is 1. The van der Waals surface area contributed by atoms with Gasteiger partial charge in [-0.15, -0.1) is 0 Å². The van der Waals surface area contributed by atoms with E-state index in [9.17, 15) is 4.79 Å². The molecule has 0 fully saturated rings. The van der Waals surface area contributed by atoms with Crippen molar-refractivity contribution in [3.8, 4) is 0 Å². The first kappa shape index (κ1) is 13.7. The van der Waals surface area contributed by atoms with Crippen molar-refractivity contribution < 1.29 is 9.53 Å². The lowest BCUT2D eigenvalue weighted by atomic mass is 10.1. The molecule has 0 aliphatic heterocycles. The highest BCUT2D eigenvalue weighted by Crippen LogP contribution is 2.08. The van der Waals surface area contributed by atoms with Crippen LogP contribution in [-0.2, 0) is 11.2 Å². The van der Waals surface area contributed by atoms with Crippen molar-refractivity contribution in [1.82, 2.24) is 4.98 Å². The Bertz CT molecular complexity index is 543. The minimum Gasteiger partial charge on any atom is -0.461 e. The summed E-state index contributed by atoms with van der Waals surface area (Å²) in [6, 6.07) is 15.3. The Kier molecular flexibility index (Phi) is 5.10. The first-order valence-electron chi connectivity index (χ1n) is 6.09. The third-order valence-corrected chi connectivity index (χ3v) is 3.05. The molecule has 0 saturated carbocycles. The highest BCUT2D eigenvalue weighted by Gasteiger charge is 2.08. The van der Waals surface area contributed by atoms with Gasteiger partial charge in [0.15, 0.2) is 0 Å². The van der Waals surface area contributed by atoms with E-state index in [0.717, 1.165) is 12.8 Å². The normalized spacial score (nSPS) is 10.2. The second-order valence-electron chi connectivity index (χ2n) is 4.07. The van der Waals surface area contributed by atoms with Gasteiger partial charge in [-0.05, 0) is 46.5 Å². The molecule has 2 rings (SSSR count). The van der Waals surface area contributed by atoms with Crippen molar-refractivity contribution >= 4 is 21.9 Å². The molecule has 3 nitrogen and oxygen atoms in total. The number of aromatic nitrogens is 1. The van der Waals surface area contributed by atoms with Gasteiger partial charge in [-0.2, -0.15) is 0 Å². The van der Waals surface area contributed by atoms with Crippen molar-refractivity contribution in [2.24, 2.45) is 0 Å². The molecule has 1 heterocycles. The van der Waals surface area contributed by atoms with Gasteiger partial charge in [-0.1, -0.05) is 36.4 Å². The third-order valence-electron chi connectivity index (χ3n) is 2.61. The highest BCUT2D eigenvalue weighted by atomic mass is 79.9. The molecule has 0 unspecified atom stereocenters. The minimum atomic E-state index is -0.380. The molecule has 0 aliphatic carbocycles. The fraction of sp³-hybridized carbons (Fsp3) is 0.200. The molecule has 0 aliphatic rings. The molecule has 0 atom stereocenters. The van der Waals surface area contributed by atoms with E-state index in [2.05, 4.69) is 33.0 Å². The molecule has 4 heteroatoms. The summed E-state index contributed by atoms with van der Waals surface area (Å²) >= 11 is 3.22. The van der Waals surface area contributed by atoms with Crippen molar-refractivity contribution in [3.63, 3.8) is 0 Å². The van der Waals surface area contributed by atoms with Gasteiger partial charge >= 0.3 is 5.97 Å². The van der Waals surface area contributed by atoms with Crippen molar-refractivity contribution in [1.29, 1.82) is 0 Å². The number of nitrogens with zero attached hydrogens (tertiary/aromatic N) is 1. The number of halogens is 1. The van der Waals surface area contributed by atoms with Crippen LogP contribution < -0.4 is 0 Å². The molecule has 0 N–H and O–H groups in total. The highest BCUT2D eigenvalue weighted by molar-refractivity contribution is 9.10. The van der Waals surface area contributed by atoms with Crippen molar-refractivity contribution in [2.45, 2.75) is 12.8 Å². The number of benzene rings is 1. The van der Waals surface area contributed by atoms with Gasteiger partial charge in [-0.25, -0.2) is 9.78 Å². The summed E-state index contributed by atoms with van der Waals surface area (Å²) < 4.78 is 5.81. The maximum absolute atomic E-state index is 11.7. The van der Waals surface area contributed by atoms with Crippen molar-refractivity contribution in [3.05, 3.63) is 64.4 Å². The van der Waals surface area contributed by atoms with E-state index in [1.54, 1.807) is 18.2 Å². The zero-order chi connectivity index (χ0) is 13.5. The quantitative estimate of drug-likeness (QED) is 0.480. The first-order valence-corrected chi connectivity index (χ1v) is 6.88. The molecule has 0 radical (unpaired) electrons. The van der Waals surface area contributed by atoms with Crippen LogP contribution in [0.15, 0.2) is 53.1 Å². The molecule has 1 aromatic heterocycles. The third kappa shape index (κ3) is 4.48. The molecular formula is C15H14BrNO2. The zero-order valence-corrected chi connectivity index (χ0v) is 12.0. The molecule has 0 spiro atoms. The van der Waals surface area contributed by atoms with E-state index in [-0.39, 0.29) is 5.97 Å². The van der Waals surface area contributed by atoms with Crippen LogP contribution in [0.1, 0.15) is 22.5 Å². The van der Waals surface area contributed by atoms with Gasteiger partial charge in [0, 0.05) is 0 Å². The van der Waals surface area contributed by atoms with Gasteiger partial charge < -0.3 is 4.74 Å². The Morgan fingerprint density at radius 3 is 2.63 bits per heavy atom. The summed E-state index contributed by atoms with van der Waals surface area (Å²) in [5.41, 5.74) is 1.58. The van der Waals surface area contributed by atoms with Gasteiger partial charge in [0.25, 0.3) is 0 Å². The van der Waals surface area contributed by atoms with E-state index in [0.29, 0.717) is 16.9 Å². The molecule has 0 saturated heterocycles. The summed E-state index contributed by atoms with van der Waals surface area (Å²) in [6.07, 6.45) is 1.71. The average molecular weight is 320 g/mol. The minimum absolute atomic E-state index is 0.328. The second kappa shape index (κ2) is 7.04. The number of hydrogen-bond acceptors (Lipinski definition) is 3. The van der Waals surface area contributed by atoms with Gasteiger partial charge in [0.2, 0.25) is 0 Å². The molecular weight excluding hydrogens is 306 g/mol. The SMILES string of the molecule is O=C(OCCCc1ccccc1)c1cccc(Br)n1. The van der Waals surface area contributed by atoms with Crippen LogP contribution in [0.5, 0.6) is 0 Å². The molecule has 2 aromatic rings. The summed E-state index contributed by atoms with van der Waals surface area (Å²) in [6.45, 7) is 0.405. The first-order chi connectivity index (χ1) is 9.25. The number of hydrogen-bond donors (Lipinski definition) is 0. The molecule has 0 amide bonds. The monoisotopic (exact) mass is 319 g/mol. The van der Waals surface area contributed by atoms with Crippen LogP contribution in [0.25, 0.3) is 0 Å². The Morgan fingerprint density at radius 1 is 1.11 bits per heavy atom. The lowest BCUT2D eigenvalue weighted by Crippen LogP contribution is -2.09. The Hall–Kier alpha value is -1.68.